The molecule has 24 heavy (non-hydrogen) atoms. The van der Waals surface area contributed by atoms with Crippen LogP contribution in [0.15, 0.2) is 30.3 Å². The Balaban J connectivity index is 2.08. The molecule has 2 atom stereocenters. The van der Waals surface area contributed by atoms with E-state index in [2.05, 4.69) is 19.2 Å². The second-order valence-corrected chi connectivity index (χ2v) is 6.84. The van der Waals surface area contributed by atoms with Crippen molar-refractivity contribution in [2.75, 3.05) is 26.2 Å². The van der Waals surface area contributed by atoms with Gasteiger partial charge in [-0.3, -0.25) is 9.59 Å². The zero-order chi connectivity index (χ0) is 17.5. The van der Waals surface area contributed by atoms with Crippen molar-refractivity contribution < 1.29 is 9.59 Å². The van der Waals surface area contributed by atoms with Gasteiger partial charge in [-0.1, -0.05) is 44.2 Å². The van der Waals surface area contributed by atoms with Crippen molar-refractivity contribution in [2.45, 2.75) is 32.6 Å². The average molecular weight is 331 g/mol. The summed E-state index contributed by atoms with van der Waals surface area (Å²) < 4.78 is 0. The summed E-state index contributed by atoms with van der Waals surface area (Å²) >= 11 is 0. The van der Waals surface area contributed by atoms with E-state index in [1.807, 2.05) is 35.2 Å². The summed E-state index contributed by atoms with van der Waals surface area (Å²) in [5.74, 6) is 0.0764. The Kier molecular flexibility index (Phi) is 6.79. The highest BCUT2D eigenvalue weighted by atomic mass is 16.2. The van der Waals surface area contributed by atoms with Crippen LogP contribution in [0, 0.1) is 11.8 Å². The topological polar surface area (TPSA) is 75.4 Å². The van der Waals surface area contributed by atoms with E-state index >= 15 is 0 Å². The number of nitrogens with two attached hydrogens (primary N) is 1. The molecule has 2 unspecified atom stereocenters. The molecule has 1 heterocycles. The number of likely N-dealkylation sites (tertiary alicyclic amines) is 1. The van der Waals surface area contributed by atoms with Crippen LogP contribution in [0.1, 0.15) is 38.2 Å². The summed E-state index contributed by atoms with van der Waals surface area (Å²) in [7, 11) is 0. The fourth-order valence-corrected chi connectivity index (χ4v) is 3.40. The maximum atomic E-state index is 13.1. The van der Waals surface area contributed by atoms with Gasteiger partial charge in [-0.05, 0) is 24.3 Å². The molecule has 132 valence electrons. The van der Waals surface area contributed by atoms with E-state index in [1.165, 1.54) is 0 Å². The first-order valence-corrected chi connectivity index (χ1v) is 8.86. The monoisotopic (exact) mass is 331 g/mol. The largest absolute Gasteiger partial charge is 0.355 e. The number of carbonyl (C=O) groups excluding carboxylic acids is 2. The number of nitrogens with one attached hydrogen (secondary N) is 1. The van der Waals surface area contributed by atoms with Gasteiger partial charge in [0.05, 0.1) is 11.8 Å². The molecule has 1 aromatic rings. The zero-order valence-corrected chi connectivity index (χ0v) is 14.7. The molecular formula is C19H29N3O2. The predicted molar refractivity (Wildman–Crippen MR) is 95.4 cm³/mol. The molecular weight excluding hydrogens is 302 g/mol. The van der Waals surface area contributed by atoms with Gasteiger partial charge in [-0.15, -0.1) is 0 Å². The molecule has 0 saturated carbocycles. The summed E-state index contributed by atoms with van der Waals surface area (Å²) in [6.45, 7) is 6.31. The second-order valence-electron chi connectivity index (χ2n) is 6.84. The molecule has 2 amide bonds. The van der Waals surface area contributed by atoms with Crippen LogP contribution in [0.3, 0.4) is 0 Å². The van der Waals surface area contributed by atoms with E-state index in [-0.39, 0.29) is 29.6 Å². The molecule has 0 radical (unpaired) electrons. The molecule has 1 fully saturated rings. The first-order valence-electron chi connectivity index (χ1n) is 8.86. The molecule has 3 N–H and O–H groups in total. The van der Waals surface area contributed by atoms with Crippen LogP contribution in [0.2, 0.25) is 0 Å². The van der Waals surface area contributed by atoms with Crippen LogP contribution < -0.4 is 11.1 Å². The Morgan fingerprint density at radius 2 is 2.00 bits per heavy atom. The third-order valence-corrected chi connectivity index (χ3v) is 4.64. The minimum Gasteiger partial charge on any atom is -0.355 e. The summed E-state index contributed by atoms with van der Waals surface area (Å²) in [4.78, 5) is 27.2. The lowest BCUT2D eigenvalue weighted by Gasteiger charge is -2.35. The lowest BCUT2D eigenvalue weighted by Crippen LogP contribution is -2.48. The minimum absolute atomic E-state index is 0.0127. The highest BCUT2D eigenvalue weighted by molar-refractivity contribution is 5.85. The van der Waals surface area contributed by atoms with Gasteiger partial charge in [-0.25, -0.2) is 0 Å². The van der Waals surface area contributed by atoms with Gasteiger partial charge < -0.3 is 16.0 Å². The van der Waals surface area contributed by atoms with Gasteiger partial charge in [0.25, 0.3) is 0 Å². The first-order chi connectivity index (χ1) is 11.5. The lowest BCUT2D eigenvalue weighted by atomic mass is 9.86. The van der Waals surface area contributed by atoms with E-state index in [9.17, 15) is 9.59 Å². The number of benzene rings is 1. The number of amides is 2. The summed E-state index contributed by atoms with van der Waals surface area (Å²) in [5.41, 5.74) is 6.49. The number of carbonyl (C=O) groups is 2. The van der Waals surface area contributed by atoms with Crippen LogP contribution in [0.25, 0.3) is 0 Å². The predicted octanol–water partition coefficient (Wildman–Crippen LogP) is 1.74. The van der Waals surface area contributed by atoms with Crippen molar-refractivity contribution in [3.63, 3.8) is 0 Å². The third kappa shape index (κ3) is 4.57. The van der Waals surface area contributed by atoms with Gasteiger partial charge in [0.1, 0.15) is 0 Å². The van der Waals surface area contributed by atoms with Crippen LogP contribution >= 0.6 is 0 Å². The van der Waals surface area contributed by atoms with E-state index in [4.69, 9.17) is 5.73 Å². The molecule has 0 bridgehead atoms. The van der Waals surface area contributed by atoms with E-state index in [1.54, 1.807) is 0 Å². The fourth-order valence-electron chi connectivity index (χ4n) is 3.40. The quantitative estimate of drug-likeness (QED) is 0.834. The molecule has 5 heteroatoms. The summed E-state index contributed by atoms with van der Waals surface area (Å²) in [6, 6.07) is 9.93. The molecule has 0 aliphatic carbocycles. The Morgan fingerprint density at radius 1 is 1.29 bits per heavy atom. The van der Waals surface area contributed by atoms with Gasteiger partial charge in [0.2, 0.25) is 11.8 Å². The van der Waals surface area contributed by atoms with Crippen molar-refractivity contribution >= 4 is 11.8 Å². The van der Waals surface area contributed by atoms with Crippen LogP contribution in [0.4, 0.5) is 0 Å². The molecule has 1 saturated heterocycles. The van der Waals surface area contributed by atoms with E-state index in [0.29, 0.717) is 19.6 Å². The van der Waals surface area contributed by atoms with Crippen LogP contribution in [-0.4, -0.2) is 42.9 Å². The number of piperidine rings is 1. The molecule has 1 aliphatic rings. The molecule has 5 nitrogen and oxygen atoms in total. The Bertz CT molecular complexity index is 545. The molecule has 0 spiro atoms. The number of hydrogen-bond acceptors (Lipinski definition) is 3. The molecule has 2 rings (SSSR count). The Labute approximate surface area is 144 Å². The van der Waals surface area contributed by atoms with Crippen molar-refractivity contribution in [2.24, 2.45) is 17.6 Å². The normalized spacial score (nSPS) is 19.2. The maximum absolute atomic E-state index is 13.1. The van der Waals surface area contributed by atoms with Crippen LogP contribution in [0.5, 0.6) is 0 Å². The standard InChI is InChI=1S/C19H29N3O2/c1-14(2)17(15-7-4-3-5-8-15)19(24)22-12-6-9-16(13-22)18(23)21-11-10-20/h3-5,7-8,14,16-17H,6,9-13,20H2,1-2H3,(H,21,23). The van der Waals surface area contributed by atoms with Gasteiger partial charge in [-0.2, -0.15) is 0 Å². The summed E-state index contributed by atoms with van der Waals surface area (Å²) in [5, 5.41) is 2.84. The third-order valence-electron chi connectivity index (χ3n) is 4.64. The van der Waals surface area contributed by atoms with E-state index in [0.717, 1.165) is 24.9 Å². The Hall–Kier alpha value is -1.88. The molecule has 1 aliphatic heterocycles. The second kappa shape index (κ2) is 8.83. The Morgan fingerprint density at radius 3 is 2.62 bits per heavy atom. The van der Waals surface area contributed by atoms with Crippen molar-refractivity contribution in [1.29, 1.82) is 0 Å². The van der Waals surface area contributed by atoms with Crippen molar-refractivity contribution in [1.82, 2.24) is 10.2 Å². The first kappa shape index (κ1) is 18.5. The molecule has 1 aromatic carbocycles. The summed E-state index contributed by atoms with van der Waals surface area (Å²) in [6.07, 6.45) is 1.70. The highest BCUT2D eigenvalue weighted by Crippen LogP contribution is 2.29. The average Bonchev–Trinajstić information content (AvgIpc) is 2.60. The smallest absolute Gasteiger partial charge is 0.230 e. The lowest BCUT2D eigenvalue weighted by molar-refractivity contribution is -0.137. The van der Waals surface area contributed by atoms with Gasteiger partial charge >= 0.3 is 0 Å². The number of rotatable bonds is 6. The van der Waals surface area contributed by atoms with Gasteiger partial charge in [0.15, 0.2) is 0 Å². The van der Waals surface area contributed by atoms with Crippen molar-refractivity contribution in [3.8, 4) is 0 Å². The van der Waals surface area contributed by atoms with E-state index < -0.39 is 0 Å². The maximum Gasteiger partial charge on any atom is 0.230 e. The fraction of sp³-hybridized carbons (Fsp3) is 0.579. The minimum atomic E-state index is -0.156. The number of nitrogens with zero attached hydrogens (tertiary/aromatic N) is 1. The highest BCUT2D eigenvalue weighted by Gasteiger charge is 2.33. The SMILES string of the molecule is CC(C)C(C(=O)N1CCCC(C(=O)NCCN)C1)c1ccccc1. The van der Waals surface area contributed by atoms with Crippen molar-refractivity contribution in [3.05, 3.63) is 35.9 Å². The molecule has 0 aromatic heterocycles. The van der Waals surface area contributed by atoms with Crippen LogP contribution in [-0.2, 0) is 9.59 Å². The number of hydrogen-bond donors (Lipinski definition) is 2. The van der Waals surface area contributed by atoms with Gasteiger partial charge in [0, 0.05) is 26.2 Å². The zero-order valence-electron chi connectivity index (χ0n) is 14.7.